The molecule has 11 heavy (non-hydrogen) atoms. The molecular weight excluding hydrogens is 138 g/mol. The Bertz CT molecular complexity index is 129. The maximum atomic E-state index is 9.52. The molecule has 1 aliphatic rings. The van der Waals surface area contributed by atoms with Crippen LogP contribution in [0.2, 0.25) is 0 Å². The maximum Gasteiger partial charge on any atom is 0.0912 e. The van der Waals surface area contributed by atoms with Gasteiger partial charge in [0.05, 0.1) is 33.3 Å². The third-order valence-corrected chi connectivity index (χ3v) is 2.91. The van der Waals surface area contributed by atoms with Gasteiger partial charge in [0.1, 0.15) is 0 Å². The van der Waals surface area contributed by atoms with Crippen LogP contribution in [0.25, 0.3) is 0 Å². The van der Waals surface area contributed by atoms with Crippen molar-refractivity contribution in [3.8, 4) is 0 Å². The SMILES string of the molecule is C[C@@H]1C[C@H]([N+](C)(C)C)C[C@H]1O. The fourth-order valence-corrected chi connectivity index (χ4v) is 1.83. The highest BCUT2D eigenvalue weighted by Crippen LogP contribution is 2.30. The third-order valence-electron chi connectivity index (χ3n) is 2.91. The Labute approximate surface area is 69.4 Å². The molecule has 2 heteroatoms. The zero-order valence-corrected chi connectivity index (χ0v) is 8.04. The van der Waals surface area contributed by atoms with Crippen molar-refractivity contribution in [1.82, 2.24) is 0 Å². The van der Waals surface area contributed by atoms with Crippen LogP contribution in [0.4, 0.5) is 0 Å². The smallest absolute Gasteiger partial charge is 0.0912 e. The Morgan fingerprint density at radius 2 is 1.73 bits per heavy atom. The average Bonchev–Trinajstić information content (AvgIpc) is 2.11. The van der Waals surface area contributed by atoms with Gasteiger partial charge in [-0.1, -0.05) is 6.92 Å². The van der Waals surface area contributed by atoms with Crippen molar-refractivity contribution < 1.29 is 9.59 Å². The zero-order chi connectivity index (χ0) is 8.65. The summed E-state index contributed by atoms with van der Waals surface area (Å²) in [5, 5.41) is 9.52. The summed E-state index contributed by atoms with van der Waals surface area (Å²) in [5.74, 6) is 0.498. The minimum absolute atomic E-state index is 0.0580. The number of aliphatic hydroxyl groups excluding tert-OH is 1. The van der Waals surface area contributed by atoms with Gasteiger partial charge >= 0.3 is 0 Å². The van der Waals surface area contributed by atoms with Gasteiger partial charge in [-0.2, -0.15) is 0 Å². The molecule has 3 atom stereocenters. The summed E-state index contributed by atoms with van der Waals surface area (Å²) in [6.07, 6.45) is 2.09. The van der Waals surface area contributed by atoms with Crippen molar-refractivity contribution in [2.24, 2.45) is 5.92 Å². The molecule has 1 saturated carbocycles. The molecule has 0 spiro atoms. The molecule has 2 nitrogen and oxygen atoms in total. The second kappa shape index (κ2) is 2.76. The summed E-state index contributed by atoms with van der Waals surface area (Å²) in [7, 11) is 6.61. The van der Waals surface area contributed by atoms with Gasteiger partial charge in [-0.3, -0.25) is 0 Å². The van der Waals surface area contributed by atoms with E-state index in [1.165, 1.54) is 6.42 Å². The van der Waals surface area contributed by atoms with E-state index in [9.17, 15) is 5.11 Å². The van der Waals surface area contributed by atoms with E-state index in [-0.39, 0.29) is 6.10 Å². The number of rotatable bonds is 1. The fraction of sp³-hybridized carbons (Fsp3) is 1.00. The van der Waals surface area contributed by atoms with Gasteiger partial charge < -0.3 is 9.59 Å². The Morgan fingerprint density at radius 1 is 1.18 bits per heavy atom. The first-order valence-corrected chi connectivity index (χ1v) is 4.40. The molecule has 66 valence electrons. The summed E-state index contributed by atoms with van der Waals surface area (Å²) in [6, 6.07) is 0.653. The molecule has 0 aromatic heterocycles. The van der Waals surface area contributed by atoms with Gasteiger partial charge in [0.2, 0.25) is 0 Å². The van der Waals surface area contributed by atoms with E-state index in [1.807, 2.05) is 0 Å². The van der Waals surface area contributed by atoms with Crippen LogP contribution in [0.1, 0.15) is 19.8 Å². The topological polar surface area (TPSA) is 20.2 Å². The van der Waals surface area contributed by atoms with Gasteiger partial charge in [0, 0.05) is 12.8 Å². The van der Waals surface area contributed by atoms with E-state index < -0.39 is 0 Å². The van der Waals surface area contributed by atoms with Gasteiger partial charge in [0.25, 0.3) is 0 Å². The van der Waals surface area contributed by atoms with Crippen LogP contribution in [-0.2, 0) is 0 Å². The van der Waals surface area contributed by atoms with Crippen LogP contribution >= 0.6 is 0 Å². The lowest BCUT2D eigenvalue weighted by atomic mass is 10.1. The molecule has 0 aromatic carbocycles. The molecule has 1 fully saturated rings. The second-order valence-electron chi connectivity index (χ2n) is 4.79. The van der Waals surface area contributed by atoms with E-state index in [1.54, 1.807) is 0 Å². The van der Waals surface area contributed by atoms with Crippen LogP contribution in [0, 0.1) is 5.92 Å². The van der Waals surface area contributed by atoms with E-state index in [0.29, 0.717) is 12.0 Å². The molecule has 1 rings (SSSR count). The Morgan fingerprint density at radius 3 is 1.91 bits per heavy atom. The lowest BCUT2D eigenvalue weighted by molar-refractivity contribution is -0.895. The summed E-state index contributed by atoms with van der Waals surface area (Å²) in [6.45, 7) is 2.14. The predicted molar refractivity (Wildman–Crippen MR) is 46.2 cm³/mol. The van der Waals surface area contributed by atoms with Crippen LogP contribution in [0.15, 0.2) is 0 Å². The number of nitrogens with zero attached hydrogens (tertiary/aromatic N) is 1. The molecule has 0 bridgehead atoms. The van der Waals surface area contributed by atoms with Crippen LogP contribution in [-0.4, -0.2) is 42.9 Å². The Hall–Kier alpha value is -0.0800. The first kappa shape index (κ1) is 9.01. The lowest BCUT2D eigenvalue weighted by Gasteiger charge is -2.31. The normalized spacial score (nSPS) is 39.5. The number of hydrogen-bond donors (Lipinski definition) is 1. The molecule has 0 radical (unpaired) electrons. The number of aliphatic hydroxyl groups is 1. The molecular formula is C9H20NO+. The number of quaternary nitrogens is 1. The summed E-state index contributed by atoms with van der Waals surface area (Å²) >= 11 is 0. The molecule has 0 aromatic rings. The van der Waals surface area contributed by atoms with Gasteiger partial charge in [-0.25, -0.2) is 0 Å². The first-order chi connectivity index (χ1) is 4.91. The summed E-state index contributed by atoms with van der Waals surface area (Å²) < 4.78 is 0.988. The van der Waals surface area contributed by atoms with E-state index in [4.69, 9.17) is 0 Å². The zero-order valence-electron chi connectivity index (χ0n) is 8.04. The third kappa shape index (κ3) is 1.94. The molecule has 1 N–H and O–H groups in total. The fourth-order valence-electron chi connectivity index (χ4n) is 1.83. The van der Waals surface area contributed by atoms with Crippen molar-refractivity contribution in [2.45, 2.75) is 31.9 Å². The first-order valence-electron chi connectivity index (χ1n) is 4.40. The summed E-state index contributed by atoms with van der Waals surface area (Å²) in [5.41, 5.74) is 0. The molecule has 0 amide bonds. The van der Waals surface area contributed by atoms with Gasteiger partial charge in [-0.15, -0.1) is 0 Å². The minimum atomic E-state index is -0.0580. The highest BCUT2D eigenvalue weighted by atomic mass is 16.3. The van der Waals surface area contributed by atoms with E-state index in [0.717, 1.165) is 10.9 Å². The highest BCUT2D eigenvalue weighted by molar-refractivity contribution is 4.80. The van der Waals surface area contributed by atoms with Crippen molar-refractivity contribution in [3.05, 3.63) is 0 Å². The van der Waals surface area contributed by atoms with Crippen LogP contribution in [0.5, 0.6) is 0 Å². The molecule has 0 heterocycles. The van der Waals surface area contributed by atoms with Gasteiger partial charge in [0.15, 0.2) is 0 Å². The van der Waals surface area contributed by atoms with Crippen LogP contribution < -0.4 is 0 Å². The Kier molecular flexibility index (Phi) is 2.26. The summed E-state index contributed by atoms with van der Waals surface area (Å²) in [4.78, 5) is 0. The lowest BCUT2D eigenvalue weighted by Crippen LogP contribution is -2.43. The van der Waals surface area contributed by atoms with E-state index in [2.05, 4.69) is 28.1 Å². The monoisotopic (exact) mass is 158 g/mol. The molecule has 1 aliphatic carbocycles. The molecule has 0 aliphatic heterocycles. The molecule has 0 unspecified atom stereocenters. The number of hydrogen-bond acceptors (Lipinski definition) is 1. The second-order valence-corrected chi connectivity index (χ2v) is 4.79. The average molecular weight is 158 g/mol. The Balaban J connectivity index is 2.54. The van der Waals surface area contributed by atoms with Gasteiger partial charge in [-0.05, 0) is 5.92 Å². The van der Waals surface area contributed by atoms with E-state index >= 15 is 0 Å². The standard InChI is InChI=1S/C9H20NO/c1-7-5-8(6-9(7)11)10(2,3)4/h7-9,11H,5-6H2,1-4H3/q+1/t7-,8+,9-/m1/s1. The quantitative estimate of drug-likeness (QED) is 0.561. The van der Waals surface area contributed by atoms with Crippen LogP contribution in [0.3, 0.4) is 0 Å². The van der Waals surface area contributed by atoms with Crippen molar-refractivity contribution in [3.63, 3.8) is 0 Å². The van der Waals surface area contributed by atoms with Crippen molar-refractivity contribution >= 4 is 0 Å². The van der Waals surface area contributed by atoms with Crippen molar-refractivity contribution in [2.75, 3.05) is 21.1 Å². The van der Waals surface area contributed by atoms with Crippen molar-refractivity contribution in [1.29, 1.82) is 0 Å². The highest BCUT2D eigenvalue weighted by Gasteiger charge is 2.37. The molecule has 0 saturated heterocycles. The maximum absolute atomic E-state index is 9.52. The largest absolute Gasteiger partial charge is 0.393 e. The predicted octanol–water partition coefficient (Wildman–Crippen LogP) is 0.852. The minimum Gasteiger partial charge on any atom is -0.393 e.